The number of likely N-dealkylation sites (N-methyl/N-ethyl adjacent to an activating group) is 1. The van der Waals surface area contributed by atoms with Gasteiger partial charge < -0.3 is 14.4 Å². The Balaban J connectivity index is 0.00000361. The minimum absolute atomic E-state index is 0. The highest BCUT2D eigenvalue weighted by Gasteiger charge is 2.17. The third-order valence-electron chi connectivity index (χ3n) is 5.65. The number of hydrogen-bond donors (Lipinski definition) is 1. The molecule has 0 aliphatic rings. The molecule has 7 nitrogen and oxygen atoms in total. The van der Waals surface area contributed by atoms with Crippen molar-refractivity contribution in [3.63, 3.8) is 0 Å². The van der Waals surface area contributed by atoms with Gasteiger partial charge in [0.1, 0.15) is 5.82 Å². The molecule has 0 aliphatic heterocycles. The van der Waals surface area contributed by atoms with Crippen LogP contribution in [0.1, 0.15) is 16.7 Å². The van der Waals surface area contributed by atoms with Crippen molar-refractivity contribution in [3.05, 3.63) is 83.2 Å². The lowest BCUT2D eigenvalue weighted by Crippen LogP contribution is -2.25. The largest absolute Gasteiger partial charge is 0.480 e. The van der Waals surface area contributed by atoms with E-state index in [0.29, 0.717) is 24.3 Å². The van der Waals surface area contributed by atoms with E-state index in [0.717, 1.165) is 22.3 Å². The quantitative estimate of drug-likeness (QED) is 0.313. The number of aryl methyl sites for hydroxylation is 1. The molecule has 1 N–H and O–H groups in total. The number of carboxylic acid groups (broad SMARTS) is 1. The number of nitrogens with zero attached hydrogens (tertiary/aromatic N) is 3. The third kappa shape index (κ3) is 6.15. The molecule has 0 radical (unpaired) electrons. The zero-order chi connectivity index (χ0) is 24.9. The number of aromatic nitrogens is 2. The van der Waals surface area contributed by atoms with E-state index in [2.05, 4.69) is 29.2 Å². The van der Waals surface area contributed by atoms with E-state index in [1.165, 1.54) is 6.07 Å². The minimum Gasteiger partial charge on any atom is -0.480 e. The number of methoxy groups -OCH3 is 1. The van der Waals surface area contributed by atoms with Crippen molar-refractivity contribution >= 4 is 18.4 Å². The monoisotopic (exact) mass is 511 g/mol. The second-order valence-corrected chi connectivity index (χ2v) is 8.42. The Morgan fingerprint density at radius 3 is 2.53 bits per heavy atom. The summed E-state index contributed by atoms with van der Waals surface area (Å²) in [5.74, 6) is -1.03. The predicted octanol–water partition coefficient (Wildman–Crippen LogP) is 5.60. The summed E-state index contributed by atoms with van der Waals surface area (Å²) in [6, 6.07) is 18.6. The third-order valence-corrected chi connectivity index (χ3v) is 5.65. The average Bonchev–Trinajstić information content (AvgIpc) is 3.29. The minimum atomic E-state index is -0.940. The van der Waals surface area contributed by atoms with Gasteiger partial charge in [0.25, 0.3) is 5.89 Å². The summed E-state index contributed by atoms with van der Waals surface area (Å²) in [6.45, 7) is 2.64. The maximum absolute atomic E-state index is 14.8. The second kappa shape index (κ2) is 11.9. The maximum Gasteiger partial charge on any atom is 0.317 e. The Bertz CT molecular complexity index is 1360. The summed E-state index contributed by atoms with van der Waals surface area (Å²) in [5.41, 5.74) is 5.87. The molecule has 0 aliphatic carbocycles. The maximum atomic E-state index is 14.8. The molecular weight excluding hydrogens is 485 g/mol. The Morgan fingerprint density at radius 1 is 1.08 bits per heavy atom. The number of ether oxygens (including phenoxy) is 1. The first-order valence-corrected chi connectivity index (χ1v) is 11.1. The van der Waals surface area contributed by atoms with Crippen LogP contribution in [0.5, 0.6) is 0 Å². The first-order valence-electron chi connectivity index (χ1n) is 11.1. The van der Waals surface area contributed by atoms with Crippen molar-refractivity contribution in [2.24, 2.45) is 0 Å². The zero-order valence-electron chi connectivity index (χ0n) is 20.2. The molecule has 0 fully saturated rings. The van der Waals surface area contributed by atoms with E-state index in [1.54, 1.807) is 31.2 Å². The molecule has 0 amide bonds. The lowest BCUT2D eigenvalue weighted by atomic mass is 9.94. The standard InChI is InChI=1S/C27H26FN3O4.ClH/c1-17-6-4-5-7-21(17)22-11-9-19(13-20(22)16-34-3)27-29-26(30-35-27)23-10-8-18(12-24(23)28)14-31(2)15-25(32)33;/h4-13H,14-16H2,1-3H3,(H,32,33);1H. The first kappa shape index (κ1) is 27.0. The Morgan fingerprint density at radius 2 is 1.83 bits per heavy atom. The highest BCUT2D eigenvalue weighted by atomic mass is 35.5. The molecule has 188 valence electrons. The molecule has 36 heavy (non-hydrogen) atoms. The highest BCUT2D eigenvalue weighted by molar-refractivity contribution is 5.85. The van der Waals surface area contributed by atoms with E-state index in [4.69, 9.17) is 14.4 Å². The van der Waals surface area contributed by atoms with Gasteiger partial charge in [-0.2, -0.15) is 4.98 Å². The van der Waals surface area contributed by atoms with Gasteiger partial charge in [-0.15, -0.1) is 12.4 Å². The Labute approximate surface area is 214 Å². The lowest BCUT2D eigenvalue weighted by molar-refractivity contribution is -0.138. The fraction of sp³-hybridized carbons (Fsp3) is 0.222. The molecule has 0 bridgehead atoms. The number of benzene rings is 3. The van der Waals surface area contributed by atoms with Gasteiger partial charge in [-0.1, -0.05) is 41.6 Å². The van der Waals surface area contributed by atoms with Gasteiger partial charge in [-0.3, -0.25) is 9.69 Å². The molecule has 4 rings (SSSR count). The average molecular weight is 512 g/mol. The van der Waals surface area contributed by atoms with Crippen molar-refractivity contribution in [3.8, 4) is 34.0 Å². The van der Waals surface area contributed by atoms with Crippen LogP contribution in [0.3, 0.4) is 0 Å². The summed E-state index contributed by atoms with van der Waals surface area (Å²) in [7, 11) is 3.30. The van der Waals surface area contributed by atoms with Crippen molar-refractivity contribution in [2.45, 2.75) is 20.1 Å². The number of aliphatic carboxylic acids is 1. The molecule has 1 heterocycles. The normalized spacial score (nSPS) is 10.9. The summed E-state index contributed by atoms with van der Waals surface area (Å²) in [6.07, 6.45) is 0. The van der Waals surface area contributed by atoms with Crippen molar-refractivity contribution < 1.29 is 23.6 Å². The van der Waals surface area contributed by atoms with Gasteiger partial charge in [0.05, 0.1) is 18.7 Å². The molecule has 1 aromatic heterocycles. The van der Waals surface area contributed by atoms with Crippen molar-refractivity contribution in [2.75, 3.05) is 20.7 Å². The van der Waals surface area contributed by atoms with Gasteiger partial charge in [-0.05, 0) is 66.1 Å². The second-order valence-electron chi connectivity index (χ2n) is 8.42. The smallest absolute Gasteiger partial charge is 0.317 e. The van der Waals surface area contributed by atoms with Gasteiger partial charge in [0, 0.05) is 19.2 Å². The SMILES string of the molecule is COCc1cc(-c2nc(-c3ccc(CN(C)CC(=O)O)cc3F)no2)ccc1-c1ccccc1C.Cl. The van der Waals surface area contributed by atoms with Gasteiger partial charge >= 0.3 is 5.97 Å². The molecular formula is C27H27ClFN3O4. The zero-order valence-corrected chi connectivity index (χ0v) is 21.0. The summed E-state index contributed by atoms with van der Waals surface area (Å²) < 4.78 is 25.7. The van der Waals surface area contributed by atoms with Crippen LogP contribution in [0.4, 0.5) is 4.39 Å². The molecule has 0 saturated carbocycles. The molecule has 0 unspecified atom stereocenters. The van der Waals surface area contributed by atoms with Gasteiger partial charge in [0.2, 0.25) is 5.82 Å². The van der Waals surface area contributed by atoms with Crippen LogP contribution in [-0.4, -0.2) is 46.8 Å². The fourth-order valence-electron chi connectivity index (χ4n) is 4.03. The number of carboxylic acids is 1. The molecule has 0 saturated heterocycles. The number of hydrogen-bond acceptors (Lipinski definition) is 6. The van der Waals surface area contributed by atoms with Gasteiger partial charge in [-0.25, -0.2) is 4.39 Å². The predicted molar refractivity (Wildman–Crippen MR) is 137 cm³/mol. The van der Waals surface area contributed by atoms with Gasteiger partial charge in [0.15, 0.2) is 0 Å². The van der Waals surface area contributed by atoms with Crippen LogP contribution in [0, 0.1) is 12.7 Å². The van der Waals surface area contributed by atoms with Crippen LogP contribution >= 0.6 is 12.4 Å². The molecule has 9 heteroatoms. The van der Waals surface area contributed by atoms with E-state index in [1.807, 2.05) is 30.3 Å². The number of rotatable bonds is 9. The fourth-order valence-corrected chi connectivity index (χ4v) is 4.03. The lowest BCUT2D eigenvalue weighted by Gasteiger charge is -2.14. The topological polar surface area (TPSA) is 88.7 Å². The number of halogens is 2. The Kier molecular flexibility index (Phi) is 8.93. The summed E-state index contributed by atoms with van der Waals surface area (Å²) in [5, 5.41) is 12.9. The summed E-state index contributed by atoms with van der Waals surface area (Å²) in [4.78, 5) is 16.8. The number of carbonyl (C=O) groups is 1. The van der Waals surface area contributed by atoms with E-state index in [-0.39, 0.29) is 36.2 Å². The summed E-state index contributed by atoms with van der Waals surface area (Å²) >= 11 is 0. The van der Waals surface area contributed by atoms with E-state index < -0.39 is 11.8 Å². The first-order chi connectivity index (χ1) is 16.9. The molecule has 4 aromatic rings. The van der Waals surface area contributed by atoms with E-state index in [9.17, 15) is 9.18 Å². The van der Waals surface area contributed by atoms with Crippen molar-refractivity contribution in [1.29, 1.82) is 0 Å². The molecule has 3 aromatic carbocycles. The highest BCUT2D eigenvalue weighted by Crippen LogP contribution is 2.32. The van der Waals surface area contributed by atoms with Crippen LogP contribution in [-0.2, 0) is 22.7 Å². The van der Waals surface area contributed by atoms with Crippen molar-refractivity contribution in [1.82, 2.24) is 15.0 Å². The van der Waals surface area contributed by atoms with Crippen LogP contribution in [0.25, 0.3) is 34.0 Å². The molecule has 0 atom stereocenters. The van der Waals surface area contributed by atoms with Crippen LogP contribution in [0.2, 0.25) is 0 Å². The van der Waals surface area contributed by atoms with Crippen LogP contribution < -0.4 is 0 Å². The Hall–Kier alpha value is -3.59. The van der Waals surface area contributed by atoms with Crippen LogP contribution in [0.15, 0.2) is 65.2 Å². The van der Waals surface area contributed by atoms with E-state index >= 15 is 0 Å². The molecule has 0 spiro atoms.